The van der Waals surface area contributed by atoms with Crippen molar-refractivity contribution in [2.75, 3.05) is 0 Å². The normalized spacial score (nSPS) is 11.5. The molecular weight excluding hydrogens is 686 g/mol. The van der Waals surface area contributed by atoms with E-state index in [0.29, 0.717) is 41.9 Å². The number of hydrogen-bond acceptors (Lipinski definition) is 4. The van der Waals surface area contributed by atoms with Crippen LogP contribution in [-0.2, 0) is 11.5 Å². The molecule has 0 bridgehead atoms. The molecule has 182 valence electrons. The first-order valence-electron chi connectivity index (χ1n) is 9.22. The van der Waals surface area contributed by atoms with E-state index in [-0.39, 0.29) is 34.0 Å². The molecule has 3 aromatic carbocycles. The minimum atomic E-state index is 0. The molecule has 4 N–H and O–H groups in total. The Morgan fingerprint density at radius 3 is 1.26 bits per heavy atom. The van der Waals surface area contributed by atoms with Crippen molar-refractivity contribution in [3.05, 3.63) is 91.9 Å². The molecule has 0 aliphatic heterocycles. The van der Waals surface area contributed by atoms with Crippen LogP contribution in [0.4, 0.5) is 11.4 Å². The molecule has 0 aromatic heterocycles. The molecule has 0 amide bonds. The quantitative estimate of drug-likeness (QED) is 0.198. The van der Waals surface area contributed by atoms with Gasteiger partial charge in [0.15, 0.2) is 10.3 Å². The van der Waals surface area contributed by atoms with Gasteiger partial charge in [0.25, 0.3) is 0 Å². The lowest BCUT2D eigenvalue weighted by atomic mass is 10.1. The van der Waals surface area contributed by atoms with Crippen LogP contribution in [0.5, 0.6) is 0 Å². The third-order valence-corrected chi connectivity index (χ3v) is 7.04. The van der Waals surface area contributed by atoms with Crippen LogP contribution in [0.1, 0.15) is 11.1 Å². The highest BCUT2D eigenvalue weighted by atomic mass is 79.9. The van der Waals surface area contributed by atoms with Gasteiger partial charge in [-0.25, -0.2) is 9.98 Å². The highest BCUT2D eigenvalue weighted by molar-refractivity contribution is 8.93. The average molecular weight is 706 g/mol. The summed E-state index contributed by atoms with van der Waals surface area (Å²) in [6.45, 7) is 0. The molecule has 0 fully saturated rings. The van der Waals surface area contributed by atoms with Crippen molar-refractivity contribution < 1.29 is 0 Å². The maximum absolute atomic E-state index is 6.25. The van der Waals surface area contributed by atoms with Crippen molar-refractivity contribution in [1.29, 1.82) is 0 Å². The second-order valence-electron chi connectivity index (χ2n) is 6.47. The summed E-state index contributed by atoms with van der Waals surface area (Å²) in [6, 6.07) is 18.0. The molecule has 0 heterocycles. The number of aliphatic imine (C=N–C) groups is 2. The van der Waals surface area contributed by atoms with E-state index in [1.54, 1.807) is 48.5 Å². The SMILES string of the molecule is Br.Br.NC(=Nc1ccc(Cl)cc1)SCc1cc(Cl)c(Cl)cc1CS/C(N)=N/c1ccc(Cl)cc1. The van der Waals surface area contributed by atoms with E-state index in [2.05, 4.69) is 9.98 Å². The molecule has 3 rings (SSSR count). The maximum atomic E-state index is 6.25. The van der Waals surface area contributed by atoms with Gasteiger partial charge >= 0.3 is 0 Å². The molecule has 4 nitrogen and oxygen atoms in total. The number of amidine groups is 2. The third kappa shape index (κ3) is 10.2. The topological polar surface area (TPSA) is 76.8 Å². The Bertz CT molecular complexity index is 1050. The molecule has 0 saturated carbocycles. The van der Waals surface area contributed by atoms with E-state index in [9.17, 15) is 0 Å². The number of hydrogen-bond donors (Lipinski definition) is 2. The molecule has 0 unspecified atom stereocenters. The molecule has 3 aromatic rings. The van der Waals surface area contributed by atoms with Crippen LogP contribution in [0.25, 0.3) is 0 Å². The zero-order valence-electron chi connectivity index (χ0n) is 17.4. The van der Waals surface area contributed by atoms with Crippen LogP contribution in [-0.4, -0.2) is 10.3 Å². The van der Waals surface area contributed by atoms with Gasteiger partial charge in [0.2, 0.25) is 0 Å². The molecule has 34 heavy (non-hydrogen) atoms. The number of benzene rings is 3. The molecule has 0 spiro atoms. The van der Waals surface area contributed by atoms with E-state index in [4.69, 9.17) is 57.9 Å². The number of halogens is 6. The summed E-state index contributed by atoms with van der Waals surface area (Å²) in [5.74, 6) is 1.15. The van der Waals surface area contributed by atoms with Crippen molar-refractivity contribution in [3.63, 3.8) is 0 Å². The summed E-state index contributed by atoms with van der Waals surface area (Å²) < 4.78 is 0. The number of thioether (sulfide) groups is 2. The van der Waals surface area contributed by atoms with E-state index < -0.39 is 0 Å². The summed E-state index contributed by atoms with van der Waals surface area (Å²) in [4.78, 5) is 8.80. The van der Waals surface area contributed by atoms with Crippen LogP contribution in [0, 0.1) is 0 Å². The molecule has 0 radical (unpaired) electrons. The molecule has 12 heteroatoms. The molecular formula is C22H20Br2Cl4N4S2. The Balaban J connectivity index is 0.00000289. The molecule has 0 atom stereocenters. The Morgan fingerprint density at radius 1 is 0.618 bits per heavy atom. The predicted octanol–water partition coefficient (Wildman–Crippen LogP) is 9.22. The molecule has 0 aliphatic rings. The van der Waals surface area contributed by atoms with Gasteiger partial charge in [-0.2, -0.15) is 0 Å². The highest BCUT2D eigenvalue weighted by Crippen LogP contribution is 2.31. The van der Waals surface area contributed by atoms with E-state index in [1.165, 1.54) is 23.5 Å². The van der Waals surface area contributed by atoms with Crippen LogP contribution in [0.15, 0.2) is 70.6 Å². The minimum absolute atomic E-state index is 0. The van der Waals surface area contributed by atoms with Gasteiger partial charge in [0, 0.05) is 21.6 Å². The van der Waals surface area contributed by atoms with Crippen LogP contribution < -0.4 is 11.5 Å². The second kappa shape index (κ2) is 15.5. The van der Waals surface area contributed by atoms with E-state index in [0.717, 1.165) is 22.5 Å². The lowest BCUT2D eigenvalue weighted by Crippen LogP contribution is -2.08. The fourth-order valence-electron chi connectivity index (χ4n) is 2.55. The Kier molecular flexibility index (Phi) is 14.4. The number of nitrogens with two attached hydrogens (primary N) is 2. The van der Waals surface area contributed by atoms with Gasteiger partial charge in [-0.05, 0) is 71.8 Å². The molecule has 0 saturated heterocycles. The summed E-state index contributed by atoms with van der Waals surface area (Å²) in [5.41, 5.74) is 15.6. The summed E-state index contributed by atoms with van der Waals surface area (Å²) >= 11 is 27.1. The first-order valence-corrected chi connectivity index (χ1v) is 12.7. The monoisotopic (exact) mass is 702 g/mol. The zero-order valence-corrected chi connectivity index (χ0v) is 25.5. The largest absolute Gasteiger partial charge is 0.378 e. The minimum Gasteiger partial charge on any atom is -0.378 e. The molecule has 0 aliphatic carbocycles. The Morgan fingerprint density at radius 2 is 0.941 bits per heavy atom. The van der Waals surface area contributed by atoms with Crippen molar-refractivity contribution in [2.24, 2.45) is 21.5 Å². The van der Waals surface area contributed by atoms with Crippen molar-refractivity contribution in [3.8, 4) is 0 Å². The zero-order chi connectivity index (χ0) is 23.1. The average Bonchev–Trinajstić information content (AvgIpc) is 2.76. The van der Waals surface area contributed by atoms with Gasteiger partial charge in [0.05, 0.1) is 21.4 Å². The fraction of sp³-hybridized carbons (Fsp3) is 0.0909. The number of nitrogens with zero attached hydrogens (tertiary/aromatic N) is 2. The van der Waals surface area contributed by atoms with Crippen molar-refractivity contribution >= 4 is 126 Å². The van der Waals surface area contributed by atoms with E-state index >= 15 is 0 Å². The van der Waals surface area contributed by atoms with Gasteiger partial charge in [0.1, 0.15) is 0 Å². The number of rotatable bonds is 6. The predicted molar refractivity (Wildman–Crippen MR) is 165 cm³/mol. The van der Waals surface area contributed by atoms with Gasteiger partial charge in [-0.1, -0.05) is 69.9 Å². The van der Waals surface area contributed by atoms with Crippen molar-refractivity contribution in [2.45, 2.75) is 11.5 Å². The summed E-state index contributed by atoms with van der Waals surface area (Å²) in [6.07, 6.45) is 0. The lowest BCUT2D eigenvalue weighted by molar-refractivity contribution is 1.29. The van der Waals surface area contributed by atoms with E-state index in [1.807, 2.05) is 12.1 Å². The van der Waals surface area contributed by atoms with Gasteiger partial charge in [-0.15, -0.1) is 34.0 Å². The van der Waals surface area contributed by atoms with Gasteiger partial charge in [-0.3, -0.25) is 0 Å². The van der Waals surface area contributed by atoms with Gasteiger partial charge < -0.3 is 11.5 Å². The van der Waals surface area contributed by atoms with Crippen molar-refractivity contribution in [1.82, 2.24) is 0 Å². The van der Waals surface area contributed by atoms with Crippen LogP contribution in [0.3, 0.4) is 0 Å². The Hall–Kier alpha value is -0.580. The maximum Gasteiger partial charge on any atom is 0.159 e. The first-order chi connectivity index (χ1) is 15.3. The first kappa shape index (κ1) is 31.4. The van der Waals surface area contributed by atoms with Crippen LogP contribution in [0.2, 0.25) is 20.1 Å². The smallest absolute Gasteiger partial charge is 0.159 e. The summed E-state index contributed by atoms with van der Waals surface area (Å²) in [5, 5.41) is 3.11. The summed E-state index contributed by atoms with van der Waals surface area (Å²) in [7, 11) is 0. The Labute approximate surface area is 248 Å². The fourth-order valence-corrected chi connectivity index (χ4v) is 4.66. The lowest BCUT2D eigenvalue weighted by Gasteiger charge is -2.11. The second-order valence-corrected chi connectivity index (χ2v) is 10.1. The highest BCUT2D eigenvalue weighted by Gasteiger charge is 2.10. The standard InChI is InChI=1S/C22H18Cl4N4S2.2BrH/c23-15-1-5-17(6-2-15)29-21(27)31-11-13-9-19(25)20(26)10-14(13)12-32-22(28)30-18-7-3-16(24)4-8-18;;/h1-10H,11-12H2,(H2,27,29)(H2,28,30);2*1H. The third-order valence-electron chi connectivity index (χ3n) is 4.13. The van der Waals surface area contributed by atoms with Crippen LogP contribution >= 0.6 is 104 Å².